The molecule has 5 heteroatoms. The Morgan fingerprint density at radius 2 is 2.38 bits per heavy atom. The highest BCUT2D eigenvalue weighted by Crippen LogP contribution is 2.02. The number of nitrogens with one attached hydrogen (secondary N) is 1. The predicted molar refractivity (Wildman–Crippen MR) is 43.8 cm³/mol. The summed E-state index contributed by atoms with van der Waals surface area (Å²) in [5.41, 5.74) is 0.326. The zero-order valence-electron chi connectivity index (χ0n) is 6.82. The summed E-state index contributed by atoms with van der Waals surface area (Å²) in [6.45, 7) is 0.0553. The van der Waals surface area contributed by atoms with Gasteiger partial charge in [-0.05, 0) is 6.08 Å². The normalized spacial score (nSPS) is 14.3. The van der Waals surface area contributed by atoms with Gasteiger partial charge in [0.2, 0.25) is 0 Å². The quantitative estimate of drug-likeness (QED) is 0.585. The van der Waals surface area contributed by atoms with Gasteiger partial charge in [0.1, 0.15) is 0 Å². The zero-order chi connectivity index (χ0) is 9.68. The lowest BCUT2D eigenvalue weighted by atomic mass is 10.2. The Hall–Kier alpha value is -1.78. The molecule has 0 bridgehead atoms. The second-order valence-electron chi connectivity index (χ2n) is 2.38. The van der Waals surface area contributed by atoms with Crippen molar-refractivity contribution in [3.05, 3.63) is 23.9 Å². The van der Waals surface area contributed by atoms with Crippen molar-refractivity contribution in [2.75, 3.05) is 13.2 Å². The molecule has 1 aliphatic rings. The van der Waals surface area contributed by atoms with Gasteiger partial charge in [0.25, 0.3) is 0 Å². The molecule has 0 fully saturated rings. The molecule has 1 heterocycles. The lowest BCUT2D eigenvalue weighted by Crippen LogP contribution is -2.18. The number of ether oxygens (including phenoxy) is 1. The van der Waals surface area contributed by atoms with E-state index in [4.69, 9.17) is 5.11 Å². The van der Waals surface area contributed by atoms with Gasteiger partial charge in [0, 0.05) is 12.7 Å². The minimum Gasteiger partial charge on any atom is -0.479 e. The Kier molecular flexibility index (Phi) is 3.08. The number of carboxylic acid groups (broad SMARTS) is 1. The van der Waals surface area contributed by atoms with Crippen LogP contribution < -0.4 is 5.32 Å². The van der Waals surface area contributed by atoms with Gasteiger partial charge in [-0.2, -0.15) is 0 Å². The van der Waals surface area contributed by atoms with E-state index in [-0.39, 0.29) is 0 Å². The Bertz CT molecular complexity index is 280. The van der Waals surface area contributed by atoms with Gasteiger partial charge in [-0.25, -0.2) is 9.59 Å². The summed E-state index contributed by atoms with van der Waals surface area (Å²) in [5, 5.41) is 11.0. The minimum atomic E-state index is -1.17. The van der Waals surface area contributed by atoms with Crippen molar-refractivity contribution in [2.45, 2.75) is 0 Å². The smallest absolute Gasteiger partial charge is 0.341 e. The SMILES string of the molecule is O=C(O)COC(=O)C1=CNCC=C1. The number of aliphatic carboxylic acids is 1. The molecule has 0 aliphatic carbocycles. The molecular weight excluding hydrogens is 174 g/mol. The number of carboxylic acids is 1. The molecule has 2 N–H and O–H groups in total. The van der Waals surface area contributed by atoms with E-state index in [0.29, 0.717) is 12.1 Å². The summed E-state index contributed by atoms with van der Waals surface area (Å²) in [7, 11) is 0. The molecular formula is C8H9NO4. The molecule has 0 amide bonds. The first-order valence-corrected chi connectivity index (χ1v) is 3.69. The number of dihydropyridines is 1. The van der Waals surface area contributed by atoms with E-state index >= 15 is 0 Å². The second-order valence-corrected chi connectivity index (χ2v) is 2.38. The van der Waals surface area contributed by atoms with Gasteiger partial charge < -0.3 is 15.2 Å². The van der Waals surface area contributed by atoms with Crippen LogP contribution in [0.2, 0.25) is 0 Å². The zero-order valence-corrected chi connectivity index (χ0v) is 6.82. The first-order chi connectivity index (χ1) is 6.20. The minimum absolute atomic E-state index is 0.326. The maximum Gasteiger partial charge on any atom is 0.341 e. The fourth-order valence-corrected chi connectivity index (χ4v) is 0.809. The van der Waals surface area contributed by atoms with Crippen molar-refractivity contribution in [1.29, 1.82) is 0 Å². The van der Waals surface area contributed by atoms with Crippen molar-refractivity contribution >= 4 is 11.9 Å². The van der Waals surface area contributed by atoms with E-state index in [1.165, 1.54) is 6.20 Å². The van der Waals surface area contributed by atoms with Gasteiger partial charge in [0.15, 0.2) is 6.61 Å². The fourth-order valence-electron chi connectivity index (χ4n) is 0.809. The van der Waals surface area contributed by atoms with Crippen LogP contribution >= 0.6 is 0 Å². The van der Waals surface area contributed by atoms with Gasteiger partial charge in [0.05, 0.1) is 5.57 Å². The molecule has 1 aliphatic heterocycles. The molecule has 0 saturated heterocycles. The maximum atomic E-state index is 11.1. The summed E-state index contributed by atoms with van der Waals surface area (Å²) in [5.74, 6) is -1.80. The van der Waals surface area contributed by atoms with E-state index in [9.17, 15) is 9.59 Å². The third-order valence-electron chi connectivity index (χ3n) is 1.35. The second kappa shape index (κ2) is 4.30. The summed E-state index contributed by atoms with van der Waals surface area (Å²) in [6, 6.07) is 0. The summed E-state index contributed by atoms with van der Waals surface area (Å²) in [6.07, 6.45) is 4.82. The van der Waals surface area contributed by atoms with Crippen LogP contribution in [0.3, 0.4) is 0 Å². The summed E-state index contributed by atoms with van der Waals surface area (Å²) >= 11 is 0. The Morgan fingerprint density at radius 1 is 1.62 bits per heavy atom. The van der Waals surface area contributed by atoms with E-state index < -0.39 is 18.5 Å². The number of esters is 1. The Morgan fingerprint density at radius 3 is 2.92 bits per heavy atom. The molecule has 0 unspecified atom stereocenters. The van der Waals surface area contributed by atoms with E-state index in [2.05, 4.69) is 10.1 Å². The van der Waals surface area contributed by atoms with Crippen molar-refractivity contribution in [1.82, 2.24) is 5.32 Å². The molecule has 13 heavy (non-hydrogen) atoms. The number of hydrogen-bond acceptors (Lipinski definition) is 4. The summed E-state index contributed by atoms with van der Waals surface area (Å²) in [4.78, 5) is 21.1. The van der Waals surface area contributed by atoms with Crippen molar-refractivity contribution in [3.63, 3.8) is 0 Å². The number of carbonyl (C=O) groups is 2. The molecule has 0 radical (unpaired) electrons. The lowest BCUT2D eigenvalue weighted by Gasteiger charge is -2.06. The number of hydrogen-bond donors (Lipinski definition) is 2. The van der Waals surface area contributed by atoms with Crippen LogP contribution in [0.1, 0.15) is 0 Å². The predicted octanol–water partition coefficient (Wildman–Crippen LogP) is -0.343. The highest BCUT2D eigenvalue weighted by Gasteiger charge is 2.10. The van der Waals surface area contributed by atoms with Crippen LogP contribution in [0.4, 0.5) is 0 Å². The van der Waals surface area contributed by atoms with Gasteiger partial charge >= 0.3 is 11.9 Å². The molecule has 0 spiro atoms. The molecule has 0 saturated carbocycles. The molecule has 70 valence electrons. The van der Waals surface area contributed by atoms with E-state index in [0.717, 1.165) is 0 Å². The monoisotopic (exact) mass is 183 g/mol. The first-order valence-electron chi connectivity index (χ1n) is 3.69. The first kappa shape index (κ1) is 9.31. The van der Waals surface area contributed by atoms with Crippen LogP contribution in [0, 0.1) is 0 Å². The summed E-state index contributed by atoms with van der Waals surface area (Å²) < 4.78 is 4.44. The highest BCUT2D eigenvalue weighted by molar-refractivity contribution is 5.92. The lowest BCUT2D eigenvalue weighted by molar-refractivity contribution is -0.152. The largest absolute Gasteiger partial charge is 0.479 e. The molecule has 1 rings (SSSR count). The van der Waals surface area contributed by atoms with Crippen LogP contribution in [-0.4, -0.2) is 30.2 Å². The van der Waals surface area contributed by atoms with Crippen molar-refractivity contribution in [3.8, 4) is 0 Å². The molecule has 5 nitrogen and oxygen atoms in total. The van der Waals surface area contributed by atoms with E-state index in [1.807, 2.05) is 0 Å². The van der Waals surface area contributed by atoms with Crippen LogP contribution in [0.15, 0.2) is 23.9 Å². The third kappa shape index (κ3) is 2.98. The Labute approximate surface area is 74.7 Å². The van der Waals surface area contributed by atoms with Crippen LogP contribution in [0.25, 0.3) is 0 Å². The fraction of sp³-hybridized carbons (Fsp3) is 0.250. The van der Waals surface area contributed by atoms with Crippen LogP contribution in [-0.2, 0) is 14.3 Å². The van der Waals surface area contributed by atoms with Gasteiger partial charge in [-0.15, -0.1) is 0 Å². The number of rotatable bonds is 3. The van der Waals surface area contributed by atoms with Crippen molar-refractivity contribution in [2.24, 2.45) is 0 Å². The average molecular weight is 183 g/mol. The van der Waals surface area contributed by atoms with E-state index in [1.54, 1.807) is 12.2 Å². The third-order valence-corrected chi connectivity index (χ3v) is 1.35. The molecule has 0 aromatic heterocycles. The standard InChI is InChI=1S/C8H9NO4/c10-7(11)5-13-8(12)6-2-1-3-9-4-6/h1-2,4,9H,3,5H2,(H,10,11). The maximum absolute atomic E-state index is 11.1. The van der Waals surface area contributed by atoms with Gasteiger partial charge in [-0.3, -0.25) is 0 Å². The van der Waals surface area contributed by atoms with Crippen LogP contribution in [0.5, 0.6) is 0 Å². The molecule has 0 aromatic rings. The Balaban J connectivity index is 2.43. The highest BCUT2D eigenvalue weighted by atomic mass is 16.5. The van der Waals surface area contributed by atoms with Crippen molar-refractivity contribution < 1.29 is 19.4 Å². The number of carbonyl (C=O) groups excluding carboxylic acids is 1. The van der Waals surface area contributed by atoms with Gasteiger partial charge in [-0.1, -0.05) is 6.08 Å². The molecule has 0 atom stereocenters. The molecule has 0 aromatic carbocycles. The topological polar surface area (TPSA) is 75.6 Å². The average Bonchev–Trinajstić information content (AvgIpc) is 2.15.